The number of nitrogens with two attached hydrogens (primary N) is 2. The van der Waals surface area contributed by atoms with Crippen LogP contribution < -0.4 is 22.1 Å². The number of carbonyl (C=O) groups is 3. The first kappa shape index (κ1) is 42.7. The quantitative estimate of drug-likeness (QED) is 0.0246. The number of amides is 3. The monoisotopic (exact) mass is 780 g/mol. The van der Waals surface area contributed by atoms with Crippen molar-refractivity contribution < 1.29 is 75.9 Å². The van der Waals surface area contributed by atoms with Crippen LogP contribution in [0, 0.1) is 11.8 Å². The Morgan fingerprint density at radius 1 is 1.11 bits per heavy atom. The topological polar surface area (TPSA) is 329 Å². The van der Waals surface area contributed by atoms with Crippen LogP contribution in [0.1, 0.15) is 39.5 Å². The number of aliphatic hydroxyl groups is 5. The molecule has 0 aromatic rings. The molecule has 0 aromatic carbocycles. The lowest BCUT2D eigenvalue weighted by atomic mass is 9.81. The van der Waals surface area contributed by atoms with E-state index in [4.69, 9.17) is 25.7 Å². The molecule has 0 spiro atoms. The average Bonchev–Trinajstić information content (AvgIpc) is 3.72. The van der Waals surface area contributed by atoms with Crippen molar-refractivity contribution in [1.29, 1.82) is 0 Å². The number of nitrogens with zero attached hydrogens (tertiary/aromatic N) is 2. The Balaban J connectivity index is 1.57. The van der Waals surface area contributed by atoms with Gasteiger partial charge in [0.15, 0.2) is 12.4 Å². The SMILES string of the molecule is COC(COS(=O)(=O)[O-])C(=O)NC(C(=O)N1[C@@H](C(=O)NCCC2=CC[N+](=C(N)N)C2)C[C@@H]2C[C@H](O)[C@@H](O[C@H]3O[C@H](CO)[C@@H](O)[C@H](O)[C@H]3O)C[C@@H]21)C(C)C. The van der Waals surface area contributed by atoms with E-state index in [1.807, 2.05) is 6.08 Å². The number of fused-ring (bicyclic) bond motifs is 1. The van der Waals surface area contributed by atoms with E-state index < -0.39 is 120 Å². The van der Waals surface area contributed by atoms with Crippen molar-refractivity contribution in [3.05, 3.63) is 11.6 Å². The van der Waals surface area contributed by atoms with Gasteiger partial charge in [-0.2, -0.15) is 0 Å². The van der Waals surface area contributed by atoms with Gasteiger partial charge < -0.3 is 59.8 Å². The Bertz CT molecular complexity index is 1490. The number of carbonyl (C=O) groups excluding carboxylic acids is 3. The summed E-state index contributed by atoms with van der Waals surface area (Å²) in [7, 11) is -4.09. The number of guanidine groups is 1. The van der Waals surface area contributed by atoms with E-state index in [0.29, 0.717) is 19.5 Å². The minimum Gasteiger partial charge on any atom is -0.726 e. The van der Waals surface area contributed by atoms with Gasteiger partial charge in [0.25, 0.3) is 5.91 Å². The summed E-state index contributed by atoms with van der Waals surface area (Å²) in [6.07, 6.45) is -9.34. The summed E-state index contributed by atoms with van der Waals surface area (Å²) in [6, 6.07) is -3.11. The zero-order valence-electron chi connectivity index (χ0n) is 29.7. The molecule has 12 atom stereocenters. The molecule has 22 heteroatoms. The second kappa shape index (κ2) is 18.1. The Morgan fingerprint density at radius 2 is 1.81 bits per heavy atom. The summed E-state index contributed by atoms with van der Waals surface area (Å²) in [5.41, 5.74) is 12.4. The van der Waals surface area contributed by atoms with Crippen LogP contribution in [-0.2, 0) is 43.2 Å². The fraction of sp³-hybridized carbons (Fsp3) is 0.806. The van der Waals surface area contributed by atoms with Gasteiger partial charge in [-0.1, -0.05) is 13.8 Å². The molecule has 1 saturated carbocycles. The van der Waals surface area contributed by atoms with Gasteiger partial charge >= 0.3 is 5.96 Å². The van der Waals surface area contributed by atoms with Crippen molar-refractivity contribution in [1.82, 2.24) is 15.5 Å². The van der Waals surface area contributed by atoms with Gasteiger partial charge in [-0.05, 0) is 49.2 Å². The van der Waals surface area contributed by atoms with Crippen LogP contribution >= 0.6 is 0 Å². The number of methoxy groups -OCH3 is 1. The molecule has 1 aliphatic carbocycles. The van der Waals surface area contributed by atoms with Gasteiger partial charge in [0.2, 0.25) is 22.2 Å². The highest BCUT2D eigenvalue weighted by atomic mass is 32.3. The van der Waals surface area contributed by atoms with Crippen molar-refractivity contribution in [3.63, 3.8) is 0 Å². The summed E-state index contributed by atoms with van der Waals surface area (Å²) in [5.74, 6) is -2.98. The van der Waals surface area contributed by atoms with E-state index >= 15 is 0 Å². The molecule has 21 nitrogen and oxygen atoms in total. The lowest BCUT2D eigenvalue weighted by molar-refractivity contribution is -0.503. The molecule has 3 fully saturated rings. The molecule has 4 rings (SSSR count). The molecular weight excluding hydrogens is 728 g/mol. The number of hydrogen-bond acceptors (Lipinski definition) is 15. The molecule has 302 valence electrons. The van der Waals surface area contributed by atoms with Gasteiger partial charge in [-0.3, -0.25) is 34.6 Å². The summed E-state index contributed by atoms with van der Waals surface area (Å²) < 4.78 is 55.4. The Hall–Kier alpha value is -3.03. The zero-order valence-corrected chi connectivity index (χ0v) is 30.5. The first-order valence-electron chi connectivity index (χ1n) is 17.3. The van der Waals surface area contributed by atoms with Crippen molar-refractivity contribution in [2.45, 2.75) is 107 Å². The summed E-state index contributed by atoms with van der Waals surface area (Å²) >= 11 is 0. The maximum absolute atomic E-state index is 14.5. The molecule has 2 unspecified atom stereocenters. The van der Waals surface area contributed by atoms with E-state index in [1.165, 1.54) is 4.90 Å². The largest absolute Gasteiger partial charge is 0.726 e. The van der Waals surface area contributed by atoms with Crippen LogP contribution in [0.3, 0.4) is 0 Å². The zero-order chi connectivity index (χ0) is 39.4. The van der Waals surface area contributed by atoms with Crippen molar-refractivity contribution >= 4 is 34.1 Å². The Labute approximate surface area is 306 Å². The Kier molecular flexibility index (Phi) is 14.6. The van der Waals surface area contributed by atoms with Crippen LogP contribution in [0.4, 0.5) is 0 Å². The average molecular weight is 781 g/mol. The highest BCUT2D eigenvalue weighted by Crippen LogP contribution is 2.42. The summed E-state index contributed by atoms with van der Waals surface area (Å²) in [5, 5.41) is 57.2. The maximum Gasteiger partial charge on any atom is 0.341 e. The lowest BCUT2D eigenvalue weighted by Crippen LogP contribution is -2.62. The number of ether oxygens (including phenoxy) is 3. The summed E-state index contributed by atoms with van der Waals surface area (Å²) in [4.78, 5) is 42.9. The second-order valence-electron chi connectivity index (χ2n) is 14.1. The minimum absolute atomic E-state index is 0.0471. The lowest BCUT2D eigenvalue weighted by Gasteiger charge is -2.44. The van der Waals surface area contributed by atoms with E-state index in [1.54, 1.807) is 18.4 Å². The molecule has 53 heavy (non-hydrogen) atoms. The molecule has 2 saturated heterocycles. The normalized spacial score (nSPS) is 32.9. The number of rotatable bonds is 15. The van der Waals surface area contributed by atoms with E-state index in [-0.39, 0.29) is 31.8 Å². The van der Waals surface area contributed by atoms with Gasteiger partial charge in [0.05, 0.1) is 31.9 Å². The molecular formula is C31H52N6O15S. The first-order chi connectivity index (χ1) is 24.9. The third kappa shape index (κ3) is 10.4. The van der Waals surface area contributed by atoms with Crippen LogP contribution in [0.25, 0.3) is 0 Å². The predicted molar refractivity (Wildman–Crippen MR) is 179 cm³/mol. The molecule has 4 aliphatic rings. The molecule has 11 N–H and O–H groups in total. The molecule has 3 amide bonds. The first-order valence-corrected chi connectivity index (χ1v) is 18.7. The maximum atomic E-state index is 14.5. The third-order valence-electron chi connectivity index (χ3n) is 10.2. The minimum atomic E-state index is -5.16. The van der Waals surface area contributed by atoms with Crippen molar-refractivity contribution in [3.8, 4) is 0 Å². The Morgan fingerprint density at radius 3 is 2.40 bits per heavy atom. The highest BCUT2D eigenvalue weighted by Gasteiger charge is 2.54. The van der Waals surface area contributed by atoms with Crippen LogP contribution in [0.15, 0.2) is 11.6 Å². The van der Waals surface area contributed by atoms with Crippen LogP contribution in [0.2, 0.25) is 0 Å². The number of aliphatic hydroxyl groups excluding tert-OH is 5. The van der Waals surface area contributed by atoms with E-state index in [0.717, 1.165) is 12.7 Å². The molecule has 0 bridgehead atoms. The summed E-state index contributed by atoms with van der Waals surface area (Å²) in [6.45, 7) is 2.84. The van der Waals surface area contributed by atoms with Crippen LogP contribution in [0.5, 0.6) is 0 Å². The standard InChI is InChI=1S/C31H52N6O15S/c1-14(2)23(35-28(44)22(49-3)13-50-53(46,47)48)29(45)37-17-10-20(51-30-26(42)25(41)24(40)21(12-38)52-30)19(39)9-16(17)8-18(37)27(43)34-6-4-15-5-7-36(11-15)31(32)33/h5,14,16-26,30,38-42H,4,6-13H2,1-3H3,(H6,32,33,34,35,43,44,46,47,48)/t16-,17+,18-,19+,20+,21-,22?,23?,24-,25+,26-,30+/m1/s1. The third-order valence-corrected chi connectivity index (χ3v) is 10.6. The number of likely N-dealkylation sites (tertiary alicyclic amines) is 1. The fourth-order valence-electron chi connectivity index (χ4n) is 7.25. The molecule has 3 aliphatic heterocycles. The predicted octanol–water partition coefficient (Wildman–Crippen LogP) is -5.72. The van der Waals surface area contributed by atoms with Gasteiger partial charge in [0.1, 0.15) is 43.1 Å². The smallest absolute Gasteiger partial charge is 0.341 e. The van der Waals surface area contributed by atoms with Crippen molar-refractivity contribution in [2.75, 3.05) is 40.0 Å². The van der Waals surface area contributed by atoms with Gasteiger partial charge in [-0.15, -0.1) is 0 Å². The van der Waals surface area contributed by atoms with E-state index in [2.05, 4.69) is 14.8 Å². The van der Waals surface area contributed by atoms with Crippen LogP contribution in [-0.4, -0.2) is 179 Å². The number of hydrogen-bond donors (Lipinski definition) is 9. The van der Waals surface area contributed by atoms with Gasteiger partial charge in [-0.25, -0.2) is 8.42 Å². The highest BCUT2D eigenvalue weighted by molar-refractivity contribution is 7.80. The van der Waals surface area contributed by atoms with Crippen molar-refractivity contribution in [2.24, 2.45) is 23.3 Å². The fourth-order valence-corrected chi connectivity index (χ4v) is 7.54. The molecule has 0 aromatic heterocycles. The molecule has 3 heterocycles. The second-order valence-corrected chi connectivity index (χ2v) is 15.1. The van der Waals surface area contributed by atoms with E-state index in [9.17, 15) is 52.9 Å². The van der Waals surface area contributed by atoms with Gasteiger partial charge in [0, 0.05) is 19.7 Å². The number of nitrogens with one attached hydrogen (secondary N) is 2. The molecule has 0 radical (unpaired) electrons.